The summed E-state index contributed by atoms with van der Waals surface area (Å²) < 4.78 is 5.07. The molecule has 0 aromatic heterocycles. The third-order valence-electron chi connectivity index (χ3n) is 3.18. The van der Waals surface area contributed by atoms with Crippen LogP contribution in [-0.4, -0.2) is 24.0 Å². The Hall–Kier alpha value is -2.93. The monoisotopic (exact) mass is 343 g/mol. The van der Waals surface area contributed by atoms with Crippen LogP contribution in [0.5, 0.6) is 5.75 Å². The van der Waals surface area contributed by atoms with Gasteiger partial charge in [0.2, 0.25) is 11.8 Å². The lowest BCUT2D eigenvalue weighted by molar-refractivity contribution is -0.119. The van der Waals surface area contributed by atoms with Crippen molar-refractivity contribution in [2.24, 2.45) is 5.73 Å². The lowest BCUT2D eigenvalue weighted by Crippen LogP contribution is -2.35. The average Bonchev–Trinajstić information content (AvgIpc) is 2.55. The summed E-state index contributed by atoms with van der Waals surface area (Å²) in [4.78, 5) is 23.1. The van der Waals surface area contributed by atoms with E-state index in [9.17, 15) is 9.59 Å². The average molecular weight is 343 g/mol. The lowest BCUT2D eigenvalue weighted by atomic mass is 10.1. The summed E-state index contributed by atoms with van der Waals surface area (Å²) in [5.41, 5.74) is 6.99. The van der Waals surface area contributed by atoms with Crippen molar-refractivity contribution < 1.29 is 14.3 Å². The van der Waals surface area contributed by atoms with Crippen molar-refractivity contribution in [3.05, 3.63) is 59.7 Å². The quantitative estimate of drug-likeness (QED) is 0.721. The predicted octanol–water partition coefficient (Wildman–Crippen LogP) is 1.85. The molecule has 0 bridgehead atoms. The molecule has 0 unspecified atom stereocenters. The highest BCUT2D eigenvalue weighted by molar-refractivity contribution is 7.80. The third-order valence-corrected chi connectivity index (χ3v) is 3.39. The number of carbonyl (C=O) groups is 2. The maximum absolute atomic E-state index is 12.0. The Morgan fingerprint density at radius 3 is 2.50 bits per heavy atom. The molecular weight excluding hydrogens is 326 g/mol. The highest BCUT2D eigenvalue weighted by Gasteiger charge is 2.07. The second kappa shape index (κ2) is 8.07. The zero-order valence-corrected chi connectivity index (χ0v) is 13.9. The van der Waals surface area contributed by atoms with Gasteiger partial charge in [-0.1, -0.05) is 18.2 Å². The molecule has 6 nitrogen and oxygen atoms in total. The number of thiocarbonyl (C=S) groups is 1. The SMILES string of the molecule is COc1ccc(CC(=O)NC(=S)Nc2cccc(C(N)=O)c2)cc1. The highest BCUT2D eigenvalue weighted by Crippen LogP contribution is 2.12. The number of anilines is 1. The van der Waals surface area contributed by atoms with Gasteiger partial charge in [0.1, 0.15) is 5.75 Å². The molecule has 2 rings (SSSR count). The number of nitrogens with one attached hydrogen (secondary N) is 2. The molecule has 0 saturated heterocycles. The third kappa shape index (κ3) is 5.06. The number of rotatable bonds is 5. The van der Waals surface area contributed by atoms with Crippen LogP contribution in [0.25, 0.3) is 0 Å². The molecule has 0 aliphatic carbocycles. The minimum Gasteiger partial charge on any atom is -0.497 e. The van der Waals surface area contributed by atoms with Gasteiger partial charge in [0.05, 0.1) is 13.5 Å². The lowest BCUT2D eigenvalue weighted by Gasteiger charge is -2.10. The summed E-state index contributed by atoms with van der Waals surface area (Å²) in [5.74, 6) is -0.0532. The highest BCUT2D eigenvalue weighted by atomic mass is 32.1. The first-order chi connectivity index (χ1) is 11.5. The van der Waals surface area contributed by atoms with Crippen LogP contribution >= 0.6 is 12.2 Å². The van der Waals surface area contributed by atoms with Crippen molar-refractivity contribution in [3.63, 3.8) is 0 Å². The molecule has 0 radical (unpaired) electrons. The van der Waals surface area contributed by atoms with Crippen molar-refractivity contribution in [2.75, 3.05) is 12.4 Å². The van der Waals surface area contributed by atoms with Crippen LogP contribution < -0.4 is 21.1 Å². The fraction of sp³-hybridized carbons (Fsp3) is 0.118. The van der Waals surface area contributed by atoms with Gasteiger partial charge in [-0.25, -0.2) is 0 Å². The molecule has 0 aliphatic rings. The van der Waals surface area contributed by atoms with Crippen LogP contribution in [0.1, 0.15) is 15.9 Å². The van der Waals surface area contributed by atoms with Gasteiger partial charge in [0, 0.05) is 11.3 Å². The smallest absolute Gasteiger partial charge is 0.248 e. The Morgan fingerprint density at radius 2 is 1.88 bits per heavy atom. The molecule has 0 saturated carbocycles. The summed E-state index contributed by atoms with van der Waals surface area (Å²) in [6, 6.07) is 13.7. The maximum Gasteiger partial charge on any atom is 0.248 e. The Kier molecular flexibility index (Phi) is 5.86. The Labute approximate surface area is 145 Å². The second-order valence-electron chi connectivity index (χ2n) is 4.97. The maximum atomic E-state index is 12.0. The van der Waals surface area contributed by atoms with E-state index in [1.807, 2.05) is 12.1 Å². The van der Waals surface area contributed by atoms with Crippen LogP contribution in [0, 0.1) is 0 Å². The van der Waals surface area contributed by atoms with E-state index in [1.54, 1.807) is 43.5 Å². The number of benzene rings is 2. The van der Waals surface area contributed by atoms with Gasteiger partial charge in [-0.15, -0.1) is 0 Å². The normalized spacial score (nSPS) is 9.88. The van der Waals surface area contributed by atoms with Crippen LogP contribution in [0.3, 0.4) is 0 Å². The molecule has 7 heteroatoms. The van der Waals surface area contributed by atoms with Crippen LogP contribution in [-0.2, 0) is 11.2 Å². The number of amides is 2. The van der Waals surface area contributed by atoms with Crippen molar-refractivity contribution in [1.29, 1.82) is 0 Å². The molecule has 2 aromatic rings. The molecular formula is C17H17N3O3S. The zero-order valence-electron chi connectivity index (χ0n) is 13.0. The number of nitrogens with two attached hydrogens (primary N) is 1. The summed E-state index contributed by atoms with van der Waals surface area (Å²) in [7, 11) is 1.58. The number of methoxy groups -OCH3 is 1. The van der Waals surface area contributed by atoms with Gasteiger partial charge in [0.25, 0.3) is 0 Å². The summed E-state index contributed by atoms with van der Waals surface area (Å²) in [6.45, 7) is 0. The second-order valence-corrected chi connectivity index (χ2v) is 5.38. The van der Waals surface area contributed by atoms with Gasteiger partial charge in [-0.05, 0) is 48.1 Å². The Morgan fingerprint density at radius 1 is 1.17 bits per heavy atom. The molecule has 0 spiro atoms. The van der Waals surface area contributed by atoms with E-state index in [-0.39, 0.29) is 17.4 Å². The van der Waals surface area contributed by atoms with E-state index in [1.165, 1.54) is 0 Å². The van der Waals surface area contributed by atoms with Gasteiger partial charge < -0.3 is 21.1 Å². The summed E-state index contributed by atoms with van der Waals surface area (Å²) in [5, 5.41) is 5.58. The number of ether oxygens (including phenoxy) is 1. The fourth-order valence-corrected chi connectivity index (χ4v) is 2.24. The minimum atomic E-state index is -0.534. The van der Waals surface area contributed by atoms with E-state index in [2.05, 4.69) is 10.6 Å². The van der Waals surface area contributed by atoms with Crippen LogP contribution in [0.2, 0.25) is 0 Å². The van der Waals surface area contributed by atoms with Gasteiger partial charge in [0.15, 0.2) is 5.11 Å². The molecule has 0 aliphatic heterocycles. The standard InChI is InChI=1S/C17H17N3O3S/c1-23-14-7-5-11(6-8-14)9-15(21)20-17(24)19-13-4-2-3-12(10-13)16(18)22/h2-8,10H,9H2,1H3,(H2,18,22)(H2,19,20,21,24). The molecule has 2 amide bonds. The summed E-state index contributed by atoms with van der Waals surface area (Å²) in [6.07, 6.45) is 0.188. The van der Waals surface area contributed by atoms with Crippen molar-refractivity contribution in [3.8, 4) is 5.75 Å². The van der Waals surface area contributed by atoms with E-state index in [4.69, 9.17) is 22.7 Å². The molecule has 2 aromatic carbocycles. The summed E-state index contributed by atoms with van der Waals surface area (Å²) >= 11 is 5.10. The van der Waals surface area contributed by atoms with E-state index < -0.39 is 5.91 Å². The zero-order chi connectivity index (χ0) is 17.5. The van der Waals surface area contributed by atoms with E-state index in [0.717, 1.165) is 11.3 Å². The molecule has 124 valence electrons. The molecule has 0 atom stereocenters. The molecule has 0 fully saturated rings. The first-order valence-electron chi connectivity index (χ1n) is 7.11. The van der Waals surface area contributed by atoms with E-state index in [0.29, 0.717) is 11.3 Å². The molecule has 4 N–H and O–H groups in total. The van der Waals surface area contributed by atoms with Crippen LogP contribution in [0.4, 0.5) is 5.69 Å². The number of primary amides is 1. The van der Waals surface area contributed by atoms with E-state index >= 15 is 0 Å². The van der Waals surface area contributed by atoms with Crippen LogP contribution in [0.15, 0.2) is 48.5 Å². The van der Waals surface area contributed by atoms with Gasteiger partial charge in [-0.3, -0.25) is 9.59 Å². The first-order valence-corrected chi connectivity index (χ1v) is 7.52. The molecule has 24 heavy (non-hydrogen) atoms. The predicted molar refractivity (Wildman–Crippen MR) is 96.0 cm³/mol. The van der Waals surface area contributed by atoms with Gasteiger partial charge in [-0.2, -0.15) is 0 Å². The molecule has 0 heterocycles. The Balaban J connectivity index is 1.90. The number of hydrogen-bond donors (Lipinski definition) is 3. The Bertz CT molecular complexity index is 760. The number of carbonyl (C=O) groups excluding carboxylic acids is 2. The first kappa shape index (κ1) is 17.4. The van der Waals surface area contributed by atoms with Crippen molar-refractivity contribution in [1.82, 2.24) is 5.32 Å². The topological polar surface area (TPSA) is 93.4 Å². The number of hydrogen-bond acceptors (Lipinski definition) is 4. The van der Waals surface area contributed by atoms with Gasteiger partial charge >= 0.3 is 0 Å². The minimum absolute atomic E-state index is 0.148. The van der Waals surface area contributed by atoms with Crippen molar-refractivity contribution >= 4 is 34.8 Å². The largest absolute Gasteiger partial charge is 0.497 e. The fourth-order valence-electron chi connectivity index (χ4n) is 2.01. The van der Waals surface area contributed by atoms with Crippen molar-refractivity contribution in [2.45, 2.75) is 6.42 Å².